The van der Waals surface area contributed by atoms with Crippen LogP contribution >= 0.6 is 11.8 Å². The number of aryl methyl sites for hydroxylation is 2. The molecule has 0 spiro atoms. The Balaban J connectivity index is 1.35. The number of hydrogen-bond acceptors (Lipinski definition) is 5. The molecule has 0 bridgehead atoms. The van der Waals surface area contributed by atoms with Crippen LogP contribution in [0.5, 0.6) is 0 Å². The molecule has 0 unspecified atom stereocenters. The lowest BCUT2D eigenvalue weighted by Gasteiger charge is -2.39. The molecule has 2 saturated heterocycles. The molecule has 5 rings (SSSR count). The van der Waals surface area contributed by atoms with Crippen molar-refractivity contribution in [2.45, 2.75) is 42.9 Å². The van der Waals surface area contributed by atoms with Crippen LogP contribution in [0.1, 0.15) is 34.8 Å². The maximum Gasteiger partial charge on any atom is 0.282 e. The maximum atomic E-state index is 12.9. The van der Waals surface area contributed by atoms with Gasteiger partial charge in [0.15, 0.2) is 0 Å². The topological polar surface area (TPSA) is 79.4 Å². The zero-order chi connectivity index (χ0) is 25.4. The Morgan fingerprint density at radius 3 is 2.67 bits per heavy atom. The third-order valence-electron chi connectivity index (χ3n) is 7.48. The van der Waals surface area contributed by atoms with Crippen molar-refractivity contribution in [1.29, 1.82) is 0 Å². The quantitative estimate of drug-likeness (QED) is 0.408. The van der Waals surface area contributed by atoms with Crippen molar-refractivity contribution >= 4 is 37.9 Å². The monoisotopic (exact) mass is 521 g/mol. The number of carbonyl (C=O) groups excluding carboxylic acids is 1. The van der Waals surface area contributed by atoms with Crippen molar-refractivity contribution in [1.82, 2.24) is 14.6 Å². The number of nitrogens with zero attached hydrogens (tertiary/aromatic N) is 2. The maximum absolute atomic E-state index is 12.9. The Bertz CT molecular complexity index is 1410. The number of thioether (sulfide) groups is 1. The van der Waals surface area contributed by atoms with Crippen LogP contribution in [0.15, 0.2) is 72.3 Å². The predicted molar refractivity (Wildman–Crippen MR) is 145 cm³/mol. The molecule has 3 heterocycles. The first kappa shape index (κ1) is 25.0. The molecule has 8 heteroatoms. The van der Waals surface area contributed by atoms with E-state index in [9.17, 15) is 13.2 Å². The molecule has 2 aromatic carbocycles. The molecule has 1 aromatic heterocycles. The van der Waals surface area contributed by atoms with E-state index >= 15 is 0 Å². The van der Waals surface area contributed by atoms with E-state index in [2.05, 4.69) is 35.3 Å². The van der Waals surface area contributed by atoms with E-state index in [1.165, 1.54) is 11.8 Å². The number of rotatable bonds is 7. The number of benzene rings is 2. The van der Waals surface area contributed by atoms with Crippen LogP contribution in [0.3, 0.4) is 0 Å². The molecular formula is C28H31N3O3S2. The predicted octanol–water partition coefficient (Wildman–Crippen LogP) is 5.62. The SMILES string of the molecule is C=C[C@@H](CNS(=O)(=O)c1ccc(C)cc1)[C@H]1CCN2C(=O)S[C@@H](c3ccnc4ccc(C)cc34)[C@@H]2C1. The first-order chi connectivity index (χ1) is 17.3. The van der Waals surface area contributed by atoms with Crippen LogP contribution in [0.4, 0.5) is 4.79 Å². The number of hydrogen-bond donors (Lipinski definition) is 1. The minimum absolute atomic E-state index is 0.0160. The summed E-state index contributed by atoms with van der Waals surface area (Å²) in [4.78, 5) is 19.7. The third-order valence-corrected chi connectivity index (χ3v) is 10.2. The van der Waals surface area contributed by atoms with Gasteiger partial charge in [-0.2, -0.15) is 0 Å². The lowest BCUT2D eigenvalue weighted by atomic mass is 9.79. The fraction of sp³-hybridized carbons (Fsp3) is 0.357. The summed E-state index contributed by atoms with van der Waals surface area (Å²) in [6, 6.07) is 15.2. The van der Waals surface area contributed by atoms with Crippen molar-refractivity contribution in [3.63, 3.8) is 0 Å². The van der Waals surface area contributed by atoms with Crippen LogP contribution in [0.25, 0.3) is 10.9 Å². The lowest BCUT2D eigenvalue weighted by molar-refractivity contribution is 0.135. The van der Waals surface area contributed by atoms with Gasteiger partial charge in [-0.25, -0.2) is 13.1 Å². The van der Waals surface area contributed by atoms with Gasteiger partial charge in [-0.3, -0.25) is 9.78 Å². The highest BCUT2D eigenvalue weighted by Gasteiger charge is 2.46. The van der Waals surface area contributed by atoms with E-state index in [0.717, 1.165) is 40.4 Å². The first-order valence-corrected chi connectivity index (χ1v) is 14.6. The number of aromatic nitrogens is 1. The summed E-state index contributed by atoms with van der Waals surface area (Å²) in [6.45, 7) is 8.99. The second-order valence-corrected chi connectivity index (χ2v) is 12.7. The third kappa shape index (κ3) is 4.82. The van der Waals surface area contributed by atoms with Gasteiger partial charge < -0.3 is 4.90 Å². The minimum atomic E-state index is -3.60. The van der Waals surface area contributed by atoms with Gasteiger partial charge in [0.1, 0.15) is 0 Å². The number of fused-ring (bicyclic) bond motifs is 2. The number of carbonyl (C=O) groups is 1. The molecule has 2 aliphatic rings. The molecule has 0 saturated carbocycles. The molecule has 6 nitrogen and oxygen atoms in total. The van der Waals surface area contributed by atoms with E-state index in [4.69, 9.17) is 0 Å². The van der Waals surface area contributed by atoms with Crippen LogP contribution in [-0.2, 0) is 10.0 Å². The first-order valence-electron chi connectivity index (χ1n) is 12.3. The minimum Gasteiger partial charge on any atom is -0.329 e. The highest BCUT2D eigenvalue weighted by molar-refractivity contribution is 8.14. The number of amides is 1. The van der Waals surface area contributed by atoms with Crippen molar-refractivity contribution in [2.24, 2.45) is 11.8 Å². The number of sulfonamides is 1. The summed E-state index contributed by atoms with van der Waals surface area (Å²) in [5.41, 5.74) is 4.26. The molecule has 0 aliphatic carbocycles. The second kappa shape index (κ2) is 10.00. The number of pyridine rings is 1. The van der Waals surface area contributed by atoms with E-state index in [1.807, 2.05) is 36.2 Å². The van der Waals surface area contributed by atoms with E-state index in [0.29, 0.717) is 13.1 Å². The molecule has 2 aliphatic heterocycles. The molecule has 2 fully saturated rings. The smallest absolute Gasteiger partial charge is 0.282 e. The largest absolute Gasteiger partial charge is 0.329 e. The number of nitrogens with one attached hydrogen (secondary N) is 1. The van der Waals surface area contributed by atoms with Gasteiger partial charge in [-0.05, 0) is 74.4 Å². The highest BCUT2D eigenvalue weighted by Crippen LogP contribution is 2.50. The summed E-state index contributed by atoms with van der Waals surface area (Å²) in [6.07, 6.45) is 5.33. The van der Waals surface area contributed by atoms with E-state index < -0.39 is 10.0 Å². The summed E-state index contributed by atoms with van der Waals surface area (Å²) in [7, 11) is -3.60. The van der Waals surface area contributed by atoms with E-state index in [1.54, 1.807) is 24.3 Å². The fourth-order valence-corrected chi connectivity index (χ4v) is 7.83. The van der Waals surface area contributed by atoms with Gasteiger partial charge in [-0.1, -0.05) is 47.2 Å². The molecule has 1 amide bonds. The van der Waals surface area contributed by atoms with Crippen molar-refractivity contribution in [2.75, 3.05) is 13.1 Å². The normalized spacial score (nSPS) is 23.0. The summed E-state index contributed by atoms with van der Waals surface area (Å²) < 4.78 is 28.5. The van der Waals surface area contributed by atoms with Gasteiger partial charge >= 0.3 is 0 Å². The van der Waals surface area contributed by atoms with E-state index in [-0.39, 0.29) is 33.3 Å². The molecule has 0 radical (unpaired) electrons. The Labute approximate surface area is 217 Å². The lowest BCUT2D eigenvalue weighted by Crippen LogP contribution is -2.44. The molecule has 3 aromatic rings. The summed E-state index contributed by atoms with van der Waals surface area (Å²) in [5, 5.41) is 1.23. The van der Waals surface area contributed by atoms with Crippen LogP contribution in [-0.4, -0.2) is 42.7 Å². The van der Waals surface area contributed by atoms with Crippen LogP contribution in [0.2, 0.25) is 0 Å². The Morgan fingerprint density at radius 1 is 1.17 bits per heavy atom. The van der Waals surface area contributed by atoms with Crippen molar-refractivity contribution in [3.8, 4) is 0 Å². The average molecular weight is 522 g/mol. The number of piperidine rings is 1. The Hall–Kier alpha value is -2.68. The van der Waals surface area contributed by atoms with Gasteiger partial charge in [0.05, 0.1) is 15.7 Å². The molecular weight excluding hydrogens is 490 g/mol. The van der Waals surface area contributed by atoms with Crippen molar-refractivity contribution in [3.05, 3.63) is 84.1 Å². The molecule has 4 atom stereocenters. The fourth-order valence-electron chi connectivity index (χ4n) is 5.43. The molecule has 188 valence electrons. The highest BCUT2D eigenvalue weighted by atomic mass is 32.2. The zero-order valence-electron chi connectivity index (χ0n) is 20.6. The van der Waals surface area contributed by atoms with Gasteiger partial charge in [0.2, 0.25) is 10.0 Å². The van der Waals surface area contributed by atoms with Crippen molar-refractivity contribution < 1.29 is 13.2 Å². The average Bonchev–Trinajstić information content (AvgIpc) is 3.20. The summed E-state index contributed by atoms with van der Waals surface area (Å²) in [5.74, 6) is 0.207. The molecule has 1 N–H and O–H groups in total. The zero-order valence-corrected chi connectivity index (χ0v) is 22.2. The van der Waals surface area contributed by atoms with Crippen LogP contribution < -0.4 is 4.72 Å². The standard InChI is InChI=1S/C28H31N3O3S2/c1-4-20(17-30-36(33,34)22-8-5-18(2)6-9-22)21-12-14-31-26(16-21)27(35-28(31)32)23-11-13-29-25-10-7-19(3)15-24(23)25/h4-11,13,15,20-21,26-27,30H,1,12,14,16-17H2,2-3H3/t20-,21-,26-,27-/m0/s1. The Morgan fingerprint density at radius 2 is 1.92 bits per heavy atom. The van der Waals surface area contributed by atoms with Gasteiger partial charge in [0.25, 0.3) is 5.24 Å². The molecule has 36 heavy (non-hydrogen) atoms. The summed E-state index contributed by atoms with van der Waals surface area (Å²) >= 11 is 1.40. The Kier molecular flexibility index (Phi) is 6.94. The van der Waals surface area contributed by atoms with Gasteiger partial charge in [0, 0.05) is 30.7 Å². The van der Waals surface area contributed by atoms with Crippen LogP contribution in [0, 0.1) is 25.7 Å². The second-order valence-electron chi connectivity index (χ2n) is 9.83. The van der Waals surface area contributed by atoms with Gasteiger partial charge in [-0.15, -0.1) is 6.58 Å².